The van der Waals surface area contributed by atoms with Crippen LogP contribution in [0, 0.1) is 12.3 Å². The third-order valence-corrected chi connectivity index (χ3v) is 6.59. The van der Waals surface area contributed by atoms with Crippen molar-refractivity contribution in [2.75, 3.05) is 6.54 Å². The van der Waals surface area contributed by atoms with Crippen molar-refractivity contribution in [2.45, 2.75) is 64.1 Å². The predicted molar refractivity (Wildman–Crippen MR) is 85.2 cm³/mol. The summed E-state index contributed by atoms with van der Waals surface area (Å²) in [6.07, 6.45) is 7.30. The molecule has 3 aliphatic rings. The highest BCUT2D eigenvalue weighted by atomic mass is 32.1. The Morgan fingerprint density at radius 1 is 1.29 bits per heavy atom. The molecule has 1 aromatic rings. The number of carbonyl (C=O) groups excluding carboxylic acids is 1. The molecule has 0 aromatic carbocycles. The first kappa shape index (κ1) is 13.8. The van der Waals surface area contributed by atoms with Crippen molar-refractivity contribution in [3.63, 3.8) is 0 Å². The van der Waals surface area contributed by atoms with Crippen LogP contribution in [0.2, 0.25) is 0 Å². The molecule has 0 bridgehead atoms. The molecule has 1 saturated heterocycles. The number of hydrogen-bond acceptors (Lipinski definition) is 3. The molecule has 1 N–H and O–H groups in total. The Balaban J connectivity index is 1.62. The molecular formula is C17H24N2OS. The summed E-state index contributed by atoms with van der Waals surface area (Å²) in [5, 5.41) is 3.65. The first-order chi connectivity index (χ1) is 10.0. The Labute approximate surface area is 130 Å². The van der Waals surface area contributed by atoms with Gasteiger partial charge in [-0.2, -0.15) is 0 Å². The largest absolute Gasteiger partial charge is 0.320 e. The monoisotopic (exact) mass is 304 g/mol. The first-order valence-corrected chi connectivity index (χ1v) is 8.98. The van der Waals surface area contributed by atoms with Gasteiger partial charge in [0.15, 0.2) is 0 Å². The van der Waals surface area contributed by atoms with Gasteiger partial charge in [-0.05, 0) is 50.2 Å². The minimum atomic E-state index is -0.211. The standard InChI is InChI=1S/C17H24N2OS/c1-12-5-6-13(21-12)14-18-17(9-10-17)15(20)19(14)11-16(2)7-3-4-8-16/h5-6,14,18H,3-4,7-11H2,1-2H3. The van der Waals surface area contributed by atoms with Crippen molar-refractivity contribution in [2.24, 2.45) is 5.41 Å². The molecular weight excluding hydrogens is 280 g/mol. The van der Waals surface area contributed by atoms with Crippen LogP contribution in [0.1, 0.15) is 61.4 Å². The Bertz CT molecular complexity index is 569. The average Bonchev–Trinajstić information content (AvgIpc) is 2.76. The van der Waals surface area contributed by atoms with Gasteiger partial charge in [-0.15, -0.1) is 11.3 Å². The fraction of sp³-hybridized carbons (Fsp3) is 0.706. The second-order valence-electron chi connectivity index (χ2n) is 7.53. The number of amides is 1. The smallest absolute Gasteiger partial charge is 0.244 e. The van der Waals surface area contributed by atoms with Gasteiger partial charge in [-0.3, -0.25) is 10.1 Å². The van der Waals surface area contributed by atoms with Gasteiger partial charge in [-0.1, -0.05) is 19.8 Å². The van der Waals surface area contributed by atoms with Crippen molar-refractivity contribution in [3.8, 4) is 0 Å². The Morgan fingerprint density at radius 2 is 2.00 bits per heavy atom. The summed E-state index contributed by atoms with van der Waals surface area (Å²) < 4.78 is 0. The quantitative estimate of drug-likeness (QED) is 0.925. The normalized spacial score (nSPS) is 29.5. The third kappa shape index (κ3) is 2.23. The minimum absolute atomic E-state index is 0.108. The minimum Gasteiger partial charge on any atom is -0.320 e. The van der Waals surface area contributed by atoms with Crippen LogP contribution >= 0.6 is 11.3 Å². The Kier molecular flexibility index (Phi) is 2.99. The number of nitrogens with zero attached hydrogens (tertiary/aromatic N) is 1. The van der Waals surface area contributed by atoms with Gasteiger partial charge < -0.3 is 4.90 Å². The Hall–Kier alpha value is -0.870. The molecule has 1 aromatic heterocycles. The zero-order valence-corrected chi connectivity index (χ0v) is 13.8. The summed E-state index contributed by atoms with van der Waals surface area (Å²) in [6.45, 7) is 5.42. The van der Waals surface area contributed by atoms with Crippen molar-refractivity contribution in [1.29, 1.82) is 0 Å². The van der Waals surface area contributed by atoms with Crippen molar-refractivity contribution in [3.05, 3.63) is 21.9 Å². The highest BCUT2D eigenvalue weighted by Gasteiger charge is 2.60. The summed E-state index contributed by atoms with van der Waals surface area (Å²) in [4.78, 5) is 17.7. The molecule has 3 fully saturated rings. The lowest BCUT2D eigenvalue weighted by atomic mass is 9.88. The van der Waals surface area contributed by atoms with Gasteiger partial charge in [0, 0.05) is 16.3 Å². The highest BCUT2D eigenvalue weighted by molar-refractivity contribution is 7.12. The number of carbonyl (C=O) groups is 1. The molecule has 1 aliphatic heterocycles. The van der Waals surface area contributed by atoms with Gasteiger partial charge in [0.05, 0.1) is 0 Å². The van der Waals surface area contributed by atoms with Gasteiger partial charge >= 0.3 is 0 Å². The molecule has 1 atom stereocenters. The van der Waals surface area contributed by atoms with E-state index in [1.54, 1.807) is 0 Å². The van der Waals surface area contributed by atoms with E-state index in [4.69, 9.17) is 0 Å². The zero-order valence-electron chi connectivity index (χ0n) is 12.9. The predicted octanol–water partition coefficient (Wildman–Crippen LogP) is 3.60. The molecule has 1 unspecified atom stereocenters. The number of thiophene rings is 1. The summed E-state index contributed by atoms with van der Waals surface area (Å²) in [5.41, 5.74) is 0.111. The van der Waals surface area contributed by atoms with E-state index in [2.05, 4.69) is 36.2 Å². The van der Waals surface area contributed by atoms with E-state index < -0.39 is 0 Å². The SMILES string of the molecule is Cc1ccc(C2NC3(CC3)C(=O)N2CC2(C)CCCC2)s1. The fourth-order valence-electron chi connectivity index (χ4n) is 4.06. The molecule has 0 radical (unpaired) electrons. The topological polar surface area (TPSA) is 32.3 Å². The van der Waals surface area contributed by atoms with Gasteiger partial charge in [0.25, 0.3) is 0 Å². The molecule has 1 amide bonds. The van der Waals surface area contributed by atoms with Gasteiger partial charge in [-0.25, -0.2) is 0 Å². The van der Waals surface area contributed by atoms with Crippen LogP contribution in [0.15, 0.2) is 12.1 Å². The molecule has 114 valence electrons. The van der Waals surface area contributed by atoms with Crippen LogP contribution in [-0.4, -0.2) is 22.9 Å². The Morgan fingerprint density at radius 3 is 2.57 bits per heavy atom. The third-order valence-electron chi connectivity index (χ3n) is 5.54. The molecule has 2 saturated carbocycles. The molecule has 21 heavy (non-hydrogen) atoms. The van der Waals surface area contributed by atoms with Crippen LogP contribution in [0.3, 0.4) is 0 Å². The van der Waals surface area contributed by atoms with E-state index in [-0.39, 0.29) is 11.7 Å². The van der Waals surface area contributed by atoms with Crippen LogP contribution < -0.4 is 5.32 Å². The molecule has 3 nitrogen and oxygen atoms in total. The van der Waals surface area contributed by atoms with Crippen molar-refractivity contribution >= 4 is 17.2 Å². The molecule has 1 spiro atoms. The van der Waals surface area contributed by atoms with Gasteiger partial charge in [0.1, 0.15) is 11.7 Å². The lowest BCUT2D eigenvalue weighted by Crippen LogP contribution is -2.39. The van der Waals surface area contributed by atoms with Crippen LogP contribution in [-0.2, 0) is 4.79 Å². The molecule has 4 heteroatoms. The van der Waals surface area contributed by atoms with E-state index in [0.717, 1.165) is 19.4 Å². The average molecular weight is 304 g/mol. The maximum atomic E-state index is 12.9. The van der Waals surface area contributed by atoms with E-state index in [0.29, 0.717) is 11.3 Å². The van der Waals surface area contributed by atoms with Crippen molar-refractivity contribution < 1.29 is 4.79 Å². The first-order valence-electron chi connectivity index (χ1n) is 8.17. The number of rotatable bonds is 3. The summed E-state index contributed by atoms with van der Waals surface area (Å²) >= 11 is 1.82. The van der Waals surface area contributed by atoms with Crippen LogP contribution in [0.5, 0.6) is 0 Å². The maximum Gasteiger partial charge on any atom is 0.244 e. The van der Waals surface area contributed by atoms with E-state index in [9.17, 15) is 4.79 Å². The summed E-state index contributed by atoms with van der Waals surface area (Å²) in [7, 11) is 0. The lowest BCUT2D eigenvalue weighted by Gasteiger charge is -2.33. The number of aryl methyl sites for hydroxylation is 1. The summed E-state index contributed by atoms with van der Waals surface area (Å²) in [6, 6.07) is 4.36. The van der Waals surface area contributed by atoms with E-state index >= 15 is 0 Å². The maximum absolute atomic E-state index is 12.9. The van der Waals surface area contributed by atoms with E-state index in [1.165, 1.54) is 35.4 Å². The molecule has 2 aliphatic carbocycles. The number of hydrogen-bond donors (Lipinski definition) is 1. The second-order valence-corrected chi connectivity index (χ2v) is 8.85. The van der Waals surface area contributed by atoms with Crippen molar-refractivity contribution in [1.82, 2.24) is 10.2 Å². The summed E-state index contributed by atoms with van der Waals surface area (Å²) in [5.74, 6) is 0.353. The van der Waals surface area contributed by atoms with Crippen LogP contribution in [0.25, 0.3) is 0 Å². The van der Waals surface area contributed by atoms with Crippen LogP contribution in [0.4, 0.5) is 0 Å². The lowest BCUT2D eigenvalue weighted by molar-refractivity contribution is -0.132. The fourth-order valence-corrected chi connectivity index (χ4v) is 5.00. The molecule has 2 heterocycles. The zero-order chi connectivity index (χ0) is 14.7. The molecule has 4 rings (SSSR count). The highest BCUT2D eigenvalue weighted by Crippen LogP contribution is 2.49. The second kappa shape index (κ2) is 4.56. The number of nitrogens with one attached hydrogen (secondary N) is 1. The van der Waals surface area contributed by atoms with Gasteiger partial charge in [0.2, 0.25) is 5.91 Å². The van der Waals surface area contributed by atoms with E-state index in [1.807, 2.05) is 11.3 Å².